The van der Waals surface area contributed by atoms with Crippen molar-refractivity contribution >= 4 is 12.0 Å². The largest absolute Gasteiger partial charge is 0.481 e. The maximum Gasteiger partial charge on any atom is 0.389 e. The van der Waals surface area contributed by atoms with E-state index in [1.165, 1.54) is 0 Å². The quantitative estimate of drug-likeness (QED) is 0.631. The van der Waals surface area contributed by atoms with Crippen molar-refractivity contribution in [2.75, 3.05) is 6.54 Å². The predicted molar refractivity (Wildman–Crippen MR) is 65.3 cm³/mol. The Bertz CT molecular complexity index is 354. The lowest BCUT2D eigenvalue weighted by Crippen LogP contribution is -2.57. The van der Waals surface area contributed by atoms with E-state index < -0.39 is 30.1 Å². The van der Waals surface area contributed by atoms with Crippen LogP contribution in [0.2, 0.25) is 0 Å². The molecule has 8 heteroatoms. The first-order valence-electron chi connectivity index (χ1n) is 6.57. The van der Waals surface area contributed by atoms with Crippen LogP contribution in [0.15, 0.2) is 0 Å². The molecule has 0 spiro atoms. The molecule has 0 aromatic carbocycles. The number of hydrogen-bond donors (Lipinski definition) is 3. The molecule has 1 fully saturated rings. The van der Waals surface area contributed by atoms with Crippen LogP contribution in [0, 0.1) is 0 Å². The molecule has 0 aromatic rings. The highest BCUT2D eigenvalue weighted by Crippen LogP contribution is 2.34. The molecule has 0 unspecified atom stereocenters. The minimum Gasteiger partial charge on any atom is -0.481 e. The zero-order valence-corrected chi connectivity index (χ0v) is 11.1. The van der Waals surface area contributed by atoms with Crippen molar-refractivity contribution < 1.29 is 27.9 Å². The maximum atomic E-state index is 11.9. The molecular formula is C12H19F3N2O3. The highest BCUT2D eigenvalue weighted by Gasteiger charge is 2.40. The Balaban J connectivity index is 2.18. The minimum atomic E-state index is -4.17. The zero-order valence-electron chi connectivity index (χ0n) is 11.1. The molecular weight excluding hydrogens is 277 g/mol. The Morgan fingerprint density at radius 2 is 1.85 bits per heavy atom. The van der Waals surface area contributed by atoms with Gasteiger partial charge in [0.05, 0.1) is 12.0 Å². The topological polar surface area (TPSA) is 78.4 Å². The number of halogens is 3. The van der Waals surface area contributed by atoms with Gasteiger partial charge in [-0.05, 0) is 32.1 Å². The van der Waals surface area contributed by atoms with E-state index in [2.05, 4.69) is 10.6 Å². The van der Waals surface area contributed by atoms with Crippen molar-refractivity contribution in [1.29, 1.82) is 0 Å². The van der Waals surface area contributed by atoms with Crippen molar-refractivity contribution in [1.82, 2.24) is 10.6 Å². The van der Waals surface area contributed by atoms with E-state index in [1.54, 1.807) is 0 Å². The van der Waals surface area contributed by atoms with Crippen molar-refractivity contribution in [3.63, 3.8) is 0 Å². The number of unbranched alkanes of at least 4 members (excludes halogenated alkanes) is 1. The third-order valence-corrected chi connectivity index (χ3v) is 3.35. The first-order chi connectivity index (χ1) is 9.22. The van der Waals surface area contributed by atoms with Gasteiger partial charge >= 0.3 is 18.2 Å². The number of hydrogen-bond acceptors (Lipinski definition) is 2. The van der Waals surface area contributed by atoms with Crippen molar-refractivity contribution in [2.45, 2.75) is 56.7 Å². The number of nitrogens with one attached hydrogen (secondary N) is 2. The molecule has 2 amide bonds. The maximum absolute atomic E-state index is 11.9. The van der Waals surface area contributed by atoms with Gasteiger partial charge in [-0.1, -0.05) is 0 Å². The van der Waals surface area contributed by atoms with E-state index in [-0.39, 0.29) is 25.8 Å². The Kier molecular flexibility index (Phi) is 5.64. The summed E-state index contributed by atoms with van der Waals surface area (Å²) >= 11 is 0. The highest BCUT2D eigenvalue weighted by atomic mass is 19.4. The lowest BCUT2D eigenvalue weighted by Gasteiger charge is -2.41. The lowest BCUT2D eigenvalue weighted by atomic mass is 9.74. The van der Waals surface area contributed by atoms with E-state index in [1.807, 2.05) is 0 Å². The second kappa shape index (κ2) is 6.81. The van der Waals surface area contributed by atoms with Gasteiger partial charge in [0.1, 0.15) is 0 Å². The number of alkyl halides is 3. The number of carbonyl (C=O) groups excluding carboxylic acids is 1. The van der Waals surface area contributed by atoms with Gasteiger partial charge in [0, 0.05) is 13.0 Å². The minimum absolute atomic E-state index is 0.0377. The average molecular weight is 296 g/mol. The summed E-state index contributed by atoms with van der Waals surface area (Å²) in [5, 5.41) is 13.8. The average Bonchev–Trinajstić information content (AvgIpc) is 2.23. The van der Waals surface area contributed by atoms with Gasteiger partial charge in [-0.25, -0.2) is 4.79 Å². The number of carboxylic acid groups (broad SMARTS) is 1. The van der Waals surface area contributed by atoms with Gasteiger partial charge in [0.15, 0.2) is 0 Å². The summed E-state index contributed by atoms with van der Waals surface area (Å²) in [6, 6.07) is -0.516. The molecule has 1 rings (SSSR count). The fraction of sp³-hybridized carbons (Fsp3) is 0.833. The third kappa shape index (κ3) is 6.12. The molecule has 0 aromatic heterocycles. The molecule has 1 aliphatic rings. The Labute approximate surface area is 114 Å². The van der Waals surface area contributed by atoms with E-state index >= 15 is 0 Å². The lowest BCUT2D eigenvalue weighted by molar-refractivity contribution is -0.139. The van der Waals surface area contributed by atoms with Crippen molar-refractivity contribution in [3.05, 3.63) is 0 Å². The Hall–Kier alpha value is -1.47. The van der Waals surface area contributed by atoms with Gasteiger partial charge in [0.25, 0.3) is 0 Å². The van der Waals surface area contributed by atoms with Crippen molar-refractivity contribution in [2.24, 2.45) is 0 Å². The van der Waals surface area contributed by atoms with Gasteiger partial charge in [-0.2, -0.15) is 13.2 Å². The fourth-order valence-corrected chi connectivity index (χ4v) is 2.18. The molecule has 0 aliphatic heterocycles. The smallest absolute Gasteiger partial charge is 0.389 e. The molecule has 0 bridgehead atoms. The summed E-state index contributed by atoms with van der Waals surface area (Å²) in [5.74, 6) is -0.977. The molecule has 0 radical (unpaired) electrons. The van der Waals surface area contributed by atoms with Gasteiger partial charge in [-0.15, -0.1) is 0 Å². The second-order valence-corrected chi connectivity index (χ2v) is 5.16. The van der Waals surface area contributed by atoms with Crippen LogP contribution in [0.4, 0.5) is 18.0 Å². The molecule has 3 N–H and O–H groups in total. The number of urea groups is 1. The number of amides is 2. The van der Waals surface area contributed by atoms with Crippen LogP contribution in [0.1, 0.15) is 44.9 Å². The first-order valence-corrected chi connectivity index (χ1v) is 6.57. The standard InChI is InChI=1S/C12H19F3N2O3/c13-12(14,15)6-1-2-7-16-10(20)17-11(4-3-5-11)8-9(18)19/h1-8H2,(H,18,19)(H2,16,17,20). The molecule has 20 heavy (non-hydrogen) atoms. The summed E-state index contributed by atoms with van der Waals surface area (Å²) < 4.78 is 35.7. The van der Waals surface area contributed by atoms with Crippen LogP contribution < -0.4 is 10.6 Å². The number of aliphatic carboxylic acids is 1. The SMILES string of the molecule is O=C(O)CC1(NC(=O)NCCCCC(F)(F)F)CCC1. The monoisotopic (exact) mass is 296 g/mol. The first kappa shape index (κ1) is 16.6. The zero-order chi connectivity index (χ0) is 15.2. The van der Waals surface area contributed by atoms with E-state index in [0.717, 1.165) is 6.42 Å². The Morgan fingerprint density at radius 1 is 1.20 bits per heavy atom. The molecule has 0 atom stereocenters. The van der Waals surface area contributed by atoms with Crippen LogP contribution in [0.25, 0.3) is 0 Å². The van der Waals surface area contributed by atoms with E-state index in [4.69, 9.17) is 5.11 Å². The molecule has 0 saturated heterocycles. The molecule has 116 valence electrons. The van der Waals surface area contributed by atoms with Gasteiger partial charge in [-0.3, -0.25) is 4.79 Å². The number of carboxylic acids is 1. The van der Waals surface area contributed by atoms with Crippen LogP contribution >= 0.6 is 0 Å². The van der Waals surface area contributed by atoms with E-state index in [9.17, 15) is 22.8 Å². The van der Waals surface area contributed by atoms with Crippen molar-refractivity contribution in [3.8, 4) is 0 Å². The summed E-state index contributed by atoms with van der Waals surface area (Å²) in [6.07, 6.45) is -2.88. The number of carbonyl (C=O) groups is 2. The normalized spacial score (nSPS) is 17.1. The second-order valence-electron chi connectivity index (χ2n) is 5.16. The van der Waals surface area contributed by atoms with Gasteiger partial charge in [0.2, 0.25) is 0 Å². The predicted octanol–water partition coefficient (Wildman–Crippen LogP) is 2.42. The Morgan fingerprint density at radius 3 is 2.30 bits per heavy atom. The summed E-state index contributed by atoms with van der Waals surface area (Å²) in [7, 11) is 0. The molecule has 0 heterocycles. The third-order valence-electron chi connectivity index (χ3n) is 3.35. The molecule has 1 aliphatic carbocycles. The van der Waals surface area contributed by atoms with E-state index in [0.29, 0.717) is 12.8 Å². The van der Waals surface area contributed by atoms with Crippen LogP contribution in [-0.4, -0.2) is 35.4 Å². The van der Waals surface area contributed by atoms with Gasteiger partial charge < -0.3 is 15.7 Å². The van der Waals surface area contributed by atoms with Crippen LogP contribution in [0.3, 0.4) is 0 Å². The molecule has 5 nitrogen and oxygen atoms in total. The van der Waals surface area contributed by atoms with Crippen LogP contribution in [-0.2, 0) is 4.79 Å². The summed E-state index contributed by atoms with van der Waals surface area (Å²) in [4.78, 5) is 22.3. The molecule has 1 saturated carbocycles. The summed E-state index contributed by atoms with van der Waals surface area (Å²) in [5.41, 5.74) is -0.693. The fourth-order valence-electron chi connectivity index (χ4n) is 2.18. The highest BCUT2D eigenvalue weighted by molar-refractivity contribution is 5.77. The van der Waals surface area contributed by atoms with Crippen LogP contribution in [0.5, 0.6) is 0 Å². The number of rotatable bonds is 7. The summed E-state index contributed by atoms with van der Waals surface area (Å²) in [6.45, 7) is 0.144.